The molecule has 3 rings (SSSR count). The van der Waals surface area contributed by atoms with Crippen LogP contribution in [-0.4, -0.2) is 17.9 Å². The fourth-order valence-corrected chi connectivity index (χ4v) is 3.30. The number of carbonyl (C=O) groups excluding carboxylic acids is 2. The molecule has 2 amide bonds. The molecule has 0 spiro atoms. The maximum atomic E-state index is 12.8. The molecule has 0 aromatic heterocycles. The smallest absolute Gasteiger partial charge is 0.319 e. The number of ketones is 1. The summed E-state index contributed by atoms with van der Waals surface area (Å²) in [5.41, 5.74) is 2.68. The molecule has 1 saturated carbocycles. The molecule has 1 fully saturated rings. The van der Waals surface area contributed by atoms with E-state index in [1.54, 1.807) is 18.2 Å². The van der Waals surface area contributed by atoms with Crippen LogP contribution in [0.4, 0.5) is 10.5 Å². The minimum absolute atomic E-state index is 0.0893. The van der Waals surface area contributed by atoms with Crippen molar-refractivity contribution >= 4 is 17.5 Å². The highest BCUT2D eigenvalue weighted by molar-refractivity contribution is 6.13. The molecule has 0 unspecified atom stereocenters. The summed E-state index contributed by atoms with van der Waals surface area (Å²) in [6, 6.07) is 14.6. The van der Waals surface area contributed by atoms with Crippen molar-refractivity contribution in [3.63, 3.8) is 0 Å². The Kier molecular flexibility index (Phi) is 5.49. The van der Waals surface area contributed by atoms with E-state index in [-0.39, 0.29) is 17.9 Å². The lowest BCUT2D eigenvalue weighted by atomic mass is 9.96. The Morgan fingerprint density at radius 3 is 2.40 bits per heavy atom. The Morgan fingerprint density at radius 1 is 0.960 bits per heavy atom. The normalized spacial score (nSPS) is 14.8. The molecule has 2 N–H and O–H groups in total. The minimum atomic E-state index is -0.236. The minimum Gasteiger partial charge on any atom is -0.335 e. The largest absolute Gasteiger partial charge is 0.335 e. The number of rotatable bonds is 4. The summed E-state index contributed by atoms with van der Waals surface area (Å²) in [6.07, 6.45) is 5.61. The van der Waals surface area contributed by atoms with Crippen LogP contribution in [0.3, 0.4) is 0 Å². The van der Waals surface area contributed by atoms with Crippen molar-refractivity contribution in [1.29, 1.82) is 0 Å². The molecule has 25 heavy (non-hydrogen) atoms. The van der Waals surface area contributed by atoms with Crippen molar-refractivity contribution in [2.45, 2.75) is 45.1 Å². The van der Waals surface area contributed by atoms with E-state index < -0.39 is 0 Å². The van der Waals surface area contributed by atoms with Crippen molar-refractivity contribution in [3.05, 3.63) is 65.2 Å². The summed E-state index contributed by atoms with van der Waals surface area (Å²) < 4.78 is 0. The average molecular weight is 336 g/mol. The van der Waals surface area contributed by atoms with Crippen molar-refractivity contribution < 1.29 is 9.59 Å². The van der Waals surface area contributed by atoms with Gasteiger partial charge in [-0.15, -0.1) is 0 Å². The van der Waals surface area contributed by atoms with Crippen LogP contribution in [0.15, 0.2) is 48.5 Å². The molecule has 0 heterocycles. The molecule has 2 aromatic rings. The zero-order valence-electron chi connectivity index (χ0n) is 14.5. The van der Waals surface area contributed by atoms with E-state index in [0.29, 0.717) is 16.8 Å². The third-order valence-electron chi connectivity index (χ3n) is 4.64. The molecule has 1 aliphatic carbocycles. The van der Waals surface area contributed by atoms with Crippen molar-refractivity contribution in [1.82, 2.24) is 5.32 Å². The molecule has 0 radical (unpaired) electrons. The summed E-state index contributed by atoms with van der Waals surface area (Å²) in [7, 11) is 0. The molecular weight excluding hydrogens is 312 g/mol. The van der Waals surface area contributed by atoms with Gasteiger partial charge in [-0.25, -0.2) is 4.79 Å². The van der Waals surface area contributed by atoms with Gasteiger partial charge in [0.1, 0.15) is 0 Å². The van der Waals surface area contributed by atoms with E-state index >= 15 is 0 Å². The third-order valence-corrected chi connectivity index (χ3v) is 4.64. The summed E-state index contributed by atoms with van der Waals surface area (Å²) in [6.45, 7) is 1.95. The fourth-order valence-electron chi connectivity index (χ4n) is 3.30. The topological polar surface area (TPSA) is 58.2 Å². The molecule has 4 heteroatoms. The first-order valence-corrected chi connectivity index (χ1v) is 8.91. The van der Waals surface area contributed by atoms with Gasteiger partial charge < -0.3 is 10.6 Å². The Morgan fingerprint density at radius 2 is 1.68 bits per heavy atom. The first kappa shape index (κ1) is 17.2. The molecule has 0 bridgehead atoms. The third kappa shape index (κ3) is 4.47. The second kappa shape index (κ2) is 7.97. The van der Waals surface area contributed by atoms with Gasteiger partial charge in [-0.2, -0.15) is 0 Å². The lowest BCUT2D eigenvalue weighted by Crippen LogP contribution is -2.39. The Bertz CT molecular complexity index is 750. The second-order valence-corrected chi connectivity index (χ2v) is 6.68. The first-order valence-electron chi connectivity index (χ1n) is 8.91. The van der Waals surface area contributed by atoms with Crippen LogP contribution in [-0.2, 0) is 0 Å². The Labute approximate surface area is 148 Å². The molecule has 2 aromatic carbocycles. The van der Waals surface area contributed by atoms with Gasteiger partial charge in [-0.3, -0.25) is 4.79 Å². The molecule has 130 valence electrons. The van der Waals surface area contributed by atoms with Gasteiger partial charge in [-0.1, -0.05) is 55.7 Å². The lowest BCUT2D eigenvalue weighted by molar-refractivity contribution is 0.103. The number of amides is 2. The predicted octanol–water partition coefficient (Wildman–Crippen LogP) is 4.68. The fraction of sp³-hybridized carbons (Fsp3) is 0.333. The van der Waals surface area contributed by atoms with Gasteiger partial charge in [0.2, 0.25) is 0 Å². The molecule has 0 atom stereocenters. The SMILES string of the molecule is Cc1ccc(C(=O)c2ccccc2)c(NC(=O)NC2CCCCC2)c1. The number of anilines is 1. The second-order valence-electron chi connectivity index (χ2n) is 6.68. The lowest BCUT2D eigenvalue weighted by Gasteiger charge is -2.23. The van der Waals surface area contributed by atoms with Gasteiger partial charge in [0.25, 0.3) is 0 Å². The number of hydrogen-bond donors (Lipinski definition) is 2. The Balaban J connectivity index is 1.77. The van der Waals surface area contributed by atoms with Crippen LogP contribution in [0.1, 0.15) is 53.6 Å². The number of hydrogen-bond acceptors (Lipinski definition) is 2. The van der Waals surface area contributed by atoms with E-state index in [4.69, 9.17) is 0 Å². The average Bonchev–Trinajstić information content (AvgIpc) is 2.63. The predicted molar refractivity (Wildman–Crippen MR) is 100 cm³/mol. The van der Waals surface area contributed by atoms with E-state index in [1.165, 1.54) is 6.42 Å². The molecular formula is C21H24N2O2. The van der Waals surface area contributed by atoms with Crippen LogP contribution in [0.2, 0.25) is 0 Å². The number of nitrogens with one attached hydrogen (secondary N) is 2. The standard InChI is InChI=1S/C21H24N2O2/c1-15-12-13-18(20(24)16-8-4-2-5-9-16)19(14-15)23-21(25)22-17-10-6-3-7-11-17/h2,4-5,8-9,12-14,17H,3,6-7,10-11H2,1H3,(H2,22,23,25). The van der Waals surface area contributed by atoms with Crippen molar-refractivity contribution in [2.75, 3.05) is 5.32 Å². The summed E-state index contributed by atoms with van der Waals surface area (Å²) in [4.78, 5) is 25.1. The van der Waals surface area contributed by atoms with E-state index in [9.17, 15) is 9.59 Å². The van der Waals surface area contributed by atoms with Gasteiger partial charge in [0, 0.05) is 17.2 Å². The van der Waals surface area contributed by atoms with Crippen LogP contribution in [0.25, 0.3) is 0 Å². The van der Waals surface area contributed by atoms with Gasteiger partial charge in [0.15, 0.2) is 5.78 Å². The highest BCUT2D eigenvalue weighted by Gasteiger charge is 2.18. The van der Waals surface area contributed by atoms with Crippen LogP contribution in [0, 0.1) is 6.92 Å². The zero-order valence-corrected chi connectivity index (χ0v) is 14.5. The quantitative estimate of drug-likeness (QED) is 0.796. The van der Waals surface area contributed by atoms with E-state index in [0.717, 1.165) is 31.2 Å². The number of benzene rings is 2. The monoisotopic (exact) mass is 336 g/mol. The van der Waals surface area contributed by atoms with Crippen LogP contribution < -0.4 is 10.6 Å². The summed E-state index contributed by atoms with van der Waals surface area (Å²) >= 11 is 0. The maximum absolute atomic E-state index is 12.8. The molecule has 4 nitrogen and oxygen atoms in total. The number of carbonyl (C=O) groups is 2. The molecule has 0 aliphatic heterocycles. The zero-order chi connectivity index (χ0) is 17.6. The van der Waals surface area contributed by atoms with Crippen LogP contribution in [0.5, 0.6) is 0 Å². The van der Waals surface area contributed by atoms with Crippen molar-refractivity contribution in [3.8, 4) is 0 Å². The van der Waals surface area contributed by atoms with Gasteiger partial charge in [0.05, 0.1) is 5.69 Å². The first-order chi connectivity index (χ1) is 12.1. The van der Waals surface area contributed by atoms with Crippen LogP contribution >= 0.6 is 0 Å². The maximum Gasteiger partial charge on any atom is 0.319 e. The van der Waals surface area contributed by atoms with Gasteiger partial charge in [-0.05, 0) is 37.5 Å². The number of aryl methyl sites for hydroxylation is 1. The van der Waals surface area contributed by atoms with E-state index in [1.807, 2.05) is 37.3 Å². The molecule has 0 saturated heterocycles. The van der Waals surface area contributed by atoms with Crippen molar-refractivity contribution in [2.24, 2.45) is 0 Å². The highest BCUT2D eigenvalue weighted by Crippen LogP contribution is 2.22. The van der Waals surface area contributed by atoms with E-state index in [2.05, 4.69) is 10.6 Å². The summed E-state index contributed by atoms with van der Waals surface area (Å²) in [5, 5.41) is 5.91. The molecule has 1 aliphatic rings. The summed E-state index contributed by atoms with van der Waals surface area (Å²) in [5.74, 6) is -0.0893. The highest BCUT2D eigenvalue weighted by atomic mass is 16.2. The number of urea groups is 1. The van der Waals surface area contributed by atoms with Gasteiger partial charge >= 0.3 is 6.03 Å². The Hall–Kier alpha value is -2.62.